The predicted molar refractivity (Wildman–Crippen MR) is 103 cm³/mol. The summed E-state index contributed by atoms with van der Waals surface area (Å²) in [5, 5.41) is 23.9. The molecule has 0 aromatic rings. The molecule has 3 fully saturated rings. The number of nitrogens with one attached hydrogen (secondary N) is 1. The molecule has 4 rings (SSSR count). The van der Waals surface area contributed by atoms with E-state index in [4.69, 9.17) is 4.74 Å². The minimum absolute atomic E-state index is 0.0111. The summed E-state index contributed by atoms with van der Waals surface area (Å²) in [7, 11) is 0. The summed E-state index contributed by atoms with van der Waals surface area (Å²) in [6, 6.07) is -0.0697. The molecule has 6 heteroatoms. The number of carbonyl (C=O) groups is 2. The third kappa shape index (κ3) is 3.04. The highest BCUT2D eigenvalue weighted by Gasteiger charge is 2.74. The Kier molecular flexibility index (Phi) is 5.17. The molecule has 1 saturated carbocycles. The van der Waals surface area contributed by atoms with Crippen molar-refractivity contribution in [2.75, 3.05) is 0 Å². The lowest BCUT2D eigenvalue weighted by atomic mass is 9.53. The highest BCUT2D eigenvalue weighted by Crippen LogP contribution is 2.61. The van der Waals surface area contributed by atoms with Crippen LogP contribution in [-0.4, -0.2) is 52.4 Å². The number of amides is 1. The van der Waals surface area contributed by atoms with Crippen molar-refractivity contribution in [3.05, 3.63) is 12.2 Å². The second kappa shape index (κ2) is 7.22. The van der Waals surface area contributed by atoms with Crippen LogP contribution in [0, 0.1) is 29.1 Å². The average Bonchev–Trinajstić information content (AvgIpc) is 3.34. The zero-order valence-electron chi connectivity index (χ0n) is 17.0. The Labute approximate surface area is 166 Å². The summed E-state index contributed by atoms with van der Waals surface area (Å²) >= 11 is 0. The number of epoxide rings is 1. The summed E-state index contributed by atoms with van der Waals surface area (Å²) in [5.41, 5.74) is -1.21. The van der Waals surface area contributed by atoms with Gasteiger partial charge in [0.1, 0.15) is 5.41 Å². The molecule has 3 N–H and O–H groups in total. The maximum atomic E-state index is 13.7. The number of Topliss-reactive ketones (excluding diaryl/α,β-unsaturated/α-hetero) is 1. The summed E-state index contributed by atoms with van der Waals surface area (Å²) in [6.07, 6.45) is 4.50. The van der Waals surface area contributed by atoms with E-state index in [0.717, 1.165) is 6.42 Å². The normalized spacial score (nSPS) is 48.4. The van der Waals surface area contributed by atoms with E-state index >= 15 is 0 Å². The van der Waals surface area contributed by atoms with Crippen molar-refractivity contribution in [3.8, 4) is 0 Å². The Morgan fingerprint density at radius 3 is 2.68 bits per heavy atom. The number of fused-ring (bicyclic) bond motifs is 2. The zero-order chi connectivity index (χ0) is 20.2. The van der Waals surface area contributed by atoms with Crippen LogP contribution in [0.1, 0.15) is 52.9 Å². The van der Waals surface area contributed by atoms with E-state index in [1.807, 2.05) is 6.08 Å². The molecule has 4 aliphatic rings. The smallest absolute Gasteiger partial charge is 0.235 e. The second-order valence-electron chi connectivity index (χ2n) is 9.72. The van der Waals surface area contributed by atoms with Gasteiger partial charge in [0.05, 0.1) is 24.4 Å². The SMILES string of the molecule is CC(C)C[C@@H]1NC(=O)[C@@]23C(=O)C[C@@H](O)CCC[C@H](O)C=C[C@H]2[C@@H]2O[C@@H]2[C@@H](C)[C@@H]13. The number of carbonyl (C=O) groups excluding carboxylic acids is 2. The molecule has 2 aliphatic heterocycles. The maximum absolute atomic E-state index is 13.7. The molecule has 2 heterocycles. The van der Waals surface area contributed by atoms with E-state index in [0.29, 0.717) is 25.2 Å². The number of rotatable bonds is 2. The van der Waals surface area contributed by atoms with E-state index in [-0.39, 0.29) is 54.1 Å². The molecule has 156 valence electrons. The summed E-state index contributed by atoms with van der Waals surface area (Å²) in [5.74, 6) is -0.440. The van der Waals surface area contributed by atoms with Crippen molar-refractivity contribution >= 4 is 11.7 Å². The Morgan fingerprint density at radius 1 is 1.21 bits per heavy atom. The van der Waals surface area contributed by atoms with Crippen molar-refractivity contribution in [2.24, 2.45) is 29.1 Å². The Morgan fingerprint density at radius 2 is 1.96 bits per heavy atom. The van der Waals surface area contributed by atoms with Gasteiger partial charge in [-0.25, -0.2) is 0 Å². The molecule has 2 aliphatic carbocycles. The lowest BCUT2D eigenvalue weighted by molar-refractivity contribution is -0.149. The zero-order valence-corrected chi connectivity index (χ0v) is 17.0. The number of hydrogen-bond donors (Lipinski definition) is 3. The number of aliphatic hydroxyl groups excluding tert-OH is 2. The van der Waals surface area contributed by atoms with Crippen LogP contribution in [0.4, 0.5) is 0 Å². The van der Waals surface area contributed by atoms with Gasteiger partial charge in [-0.1, -0.05) is 32.9 Å². The van der Waals surface area contributed by atoms with Gasteiger partial charge in [-0.05, 0) is 37.5 Å². The topological polar surface area (TPSA) is 99.2 Å². The summed E-state index contributed by atoms with van der Waals surface area (Å²) in [6.45, 7) is 6.34. The van der Waals surface area contributed by atoms with Crippen LogP contribution in [0.15, 0.2) is 12.2 Å². The third-order valence-electron chi connectivity index (χ3n) is 7.36. The van der Waals surface area contributed by atoms with E-state index in [1.165, 1.54) is 0 Å². The second-order valence-corrected chi connectivity index (χ2v) is 9.72. The van der Waals surface area contributed by atoms with E-state index in [1.54, 1.807) is 6.08 Å². The number of aliphatic hydroxyl groups is 2. The van der Waals surface area contributed by atoms with Gasteiger partial charge in [-0.2, -0.15) is 0 Å². The molecule has 9 atom stereocenters. The van der Waals surface area contributed by atoms with Crippen molar-refractivity contribution in [1.82, 2.24) is 5.32 Å². The minimum atomic E-state index is -1.21. The molecule has 0 bridgehead atoms. The van der Waals surface area contributed by atoms with Crippen molar-refractivity contribution in [3.63, 3.8) is 0 Å². The first-order chi connectivity index (χ1) is 13.3. The van der Waals surface area contributed by atoms with Gasteiger partial charge >= 0.3 is 0 Å². The fraction of sp³-hybridized carbons (Fsp3) is 0.818. The average molecular weight is 392 g/mol. The van der Waals surface area contributed by atoms with Crippen LogP contribution in [0.25, 0.3) is 0 Å². The molecular weight excluding hydrogens is 358 g/mol. The molecular formula is C22H33NO5. The lowest BCUT2D eigenvalue weighted by Gasteiger charge is -2.44. The Bertz CT molecular complexity index is 676. The van der Waals surface area contributed by atoms with Crippen LogP contribution in [0.3, 0.4) is 0 Å². The molecule has 2 saturated heterocycles. The standard InChI is InChI=1S/C22H33NO5/c1-11(2)9-16-18-12(3)19-20(28-19)15-8-7-13(24)5-4-6-14(25)10-17(26)22(15,18)21(27)23-16/h7-8,11-16,18-20,24-25H,4-6,9-10H2,1-3H3,(H,23,27)/t12-,13-,14-,15-,16-,18-,19+,20-,22+/m0/s1. The van der Waals surface area contributed by atoms with Crippen molar-refractivity contribution < 1.29 is 24.5 Å². The largest absolute Gasteiger partial charge is 0.393 e. The van der Waals surface area contributed by atoms with Crippen LogP contribution in [0.5, 0.6) is 0 Å². The Balaban J connectivity index is 1.81. The van der Waals surface area contributed by atoms with Gasteiger partial charge in [-0.15, -0.1) is 0 Å². The molecule has 0 aromatic carbocycles. The molecule has 0 aromatic heterocycles. The van der Waals surface area contributed by atoms with E-state index in [2.05, 4.69) is 26.1 Å². The first-order valence-corrected chi connectivity index (χ1v) is 10.8. The van der Waals surface area contributed by atoms with Gasteiger partial charge in [0.15, 0.2) is 5.78 Å². The van der Waals surface area contributed by atoms with Gasteiger partial charge < -0.3 is 20.3 Å². The number of ketones is 1. The first-order valence-electron chi connectivity index (χ1n) is 10.8. The third-order valence-corrected chi connectivity index (χ3v) is 7.36. The van der Waals surface area contributed by atoms with Gasteiger partial charge in [-0.3, -0.25) is 9.59 Å². The van der Waals surface area contributed by atoms with Crippen LogP contribution < -0.4 is 5.32 Å². The predicted octanol–water partition coefficient (Wildman–Crippen LogP) is 1.59. The van der Waals surface area contributed by atoms with Crippen LogP contribution in [-0.2, 0) is 14.3 Å². The molecule has 0 unspecified atom stereocenters. The highest BCUT2D eigenvalue weighted by molar-refractivity contribution is 6.09. The van der Waals surface area contributed by atoms with Crippen molar-refractivity contribution in [2.45, 2.75) is 83.3 Å². The van der Waals surface area contributed by atoms with Gasteiger partial charge in [0, 0.05) is 24.3 Å². The summed E-state index contributed by atoms with van der Waals surface area (Å²) < 4.78 is 5.97. The minimum Gasteiger partial charge on any atom is -0.393 e. The monoisotopic (exact) mass is 391 g/mol. The summed E-state index contributed by atoms with van der Waals surface area (Å²) in [4.78, 5) is 27.1. The number of ether oxygens (including phenoxy) is 1. The first kappa shape index (κ1) is 20.0. The fourth-order valence-electron chi connectivity index (χ4n) is 6.18. The Hall–Kier alpha value is -1.24. The maximum Gasteiger partial charge on any atom is 0.235 e. The lowest BCUT2D eigenvalue weighted by Crippen LogP contribution is -2.56. The fourth-order valence-corrected chi connectivity index (χ4v) is 6.18. The number of hydrogen-bond acceptors (Lipinski definition) is 5. The quantitative estimate of drug-likeness (QED) is 0.377. The van der Waals surface area contributed by atoms with Crippen LogP contribution in [0.2, 0.25) is 0 Å². The van der Waals surface area contributed by atoms with Gasteiger partial charge in [0.25, 0.3) is 0 Å². The molecule has 28 heavy (non-hydrogen) atoms. The molecule has 0 radical (unpaired) electrons. The van der Waals surface area contributed by atoms with E-state index < -0.39 is 17.6 Å². The molecule has 1 spiro atoms. The van der Waals surface area contributed by atoms with Crippen LogP contribution >= 0.6 is 0 Å². The van der Waals surface area contributed by atoms with E-state index in [9.17, 15) is 19.8 Å². The van der Waals surface area contributed by atoms with Gasteiger partial charge in [0.2, 0.25) is 5.91 Å². The highest BCUT2D eigenvalue weighted by atomic mass is 16.6. The van der Waals surface area contributed by atoms with Crippen molar-refractivity contribution in [1.29, 1.82) is 0 Å². The molecule has 1 amide bonds. The molecule has 6 nitrogen and oxygen atoms in total.